The number of hydrogen-bond acceptors (Lipinski definition) is 5. The lowest BCUT2D eigenvalue weighted by atomic mass is 9.94. The van der Waals surface area contributed by atoms with Gasteiger partial charge >= 0.3 is 5.97 Å². The van der Waals surface area contributed by atoms with Gasteiger partial charge < -0.3 is 14.4 Å². The van der Waals surface area contributed by atoms with Crippen LogP contribution >= 0.6 is 9.03 Å². The molecule has 0 aromatic heterocycles. The number of esters is 1. The average molecular weight is 384 g/mol. The fraction of sp³-hybridized carbons (Fsp3) is 0.650. The van der Waals surface area contributed by atoms with Gasteiger partial charge in [-0.2, -0.15) is 0 Å². The van der Waals surface area contributed by atoms with E-state index in [2.05, 4.69) is 26.8 Å². The second-order valence-corrected chi connectivity index (χ2v) is 7.12. The zero-order chi connectivity index (χ0) is 19.4. The van der Waals surface area contributed by atoms with Gasteiger partial charge in [-0.05, 0) is 48.8 Å². The van der Waals surface area contributed by atoms with Gasteiger partial charge in [0, 0.05) is 6.42 Å². The number of hydrogen-bond donors (Lipinski definition) is 1. The molecule has 0 bridgehead atoms. The molecule has 0 radical (unpaired) electrons. The maximum Gasteiger partial charge on any atom is 0.305 e. The lowest BCUT2D eigenvalue weighted by Gasteiger charge is -2.18. The summed E-state index contributed by atoms with van der Waals surface area (Å²) in [5.74, 6) is 0.907. The second-order valence-electron chi connectivity index (χ2n) is 6.51. The monoisotopic (exact) mass is 384 g/mol. The molecule has 0 amide bonds. The van der Waals surface area contributed by atoms with Crippen LogP contribution in [0.4, 0.5) is 0 Å². The molecule has 0 saturated heterocycles. The van der Waals surface area contributed by atoms with Crippen LogP contribution in [0.2, 0.25) is 0 Å². The van der Waals surface area contributed by atoms with Crippen LogP contribution in [0.3, 0.4) is 0 Å². The van der Waals surface area contributed by atoms with Gasteiger partial charge in [-0.25, -0.2) is 0 Å². The standard InChI is InChI=1S/C20H33O5P/c1-5-7-8-9-20(22)25-26-24-18-12-10-16(11-13-19(21)23-4)14-17(18)15(3)6-2/h10,12,14-15,20,22,26H,5-9,11,13H2,1-4H3. The van der Waals surface area contributed by atoms with Crippen molar-refractivity contribution in [2.75, 3.05) is 7.11 Å². The number of carbonyl (C=O) groups excluding carboxylic acids is 1. The van der Waals surface area contributed by atoms with Crippen LogP contribution in [0.15, 0.2) is 18.2 Å². The maximum absolute atomic E-state index is 11.3. The SMILES string of the molecule is CCCCCC(O)OPOc1ccc(CCC(=O)OC)cc1C(C)CC. The van der Waals surface area contributed by atoms with Crippen LogP contribution in [0.25, 0.3) is 0 Å². The van der Waals surface area contributed by atoms with E-state index in [1.807, 2.05) is 12.1 Å². The maximum atomic E-state index is 11.3. The molecule has 1 N–H and O–H groups in total. The van der Waals surface area contributed by atoms with E-state index >= 15 is 0 Å². The van der Waals surface area contributed by atoms with Gasteiger partial charge in [0.2, 0.25) is 9.03 Å². The first kappa shape index (κ1) is 22.9. The molecule has 0 aliphatic carbocycles. The largest absolute Gasteiger partial charge is 0.469 e. The molecule has 1 aromatic carbocycles. The van der Waals surface area contributed by atoms with Crippen molar-refractivity contribution >= 4 is 15.0 Å². The Balaban J connectivity index is 2.64. The van der Waals surface area contributed by atoms with Gasteiger partial charge in [-0.1, -0.05) is 45.7 Å². The molecule has 3 atom stereocenters. The molecule has 0 heterocycles. The van der Waals surface area contributed by atoms with Crippen molar-refractivity contribution in [2.24, 2.45) is 0 Å². The second kappa shape index (κ2) is 13.1. The molecule has 1 aromatic rings. The van der Waals surface area contributed by atoms with Gasteiger partial charge in [0.1, 0.15) is 5.75 Å². The summed E-state index contributed by atoms with van der Waals surface area (Å²) in [4.78, 5) is 11.3. The minimum atomic E-state index is -0.772. The van der Waals surface area contributed by atoms with Crippen molar-refractivity contribution in [3.63, 3.8) is 0 Å². The van der Waals surface area contributed by atoms with E-state index < -0.39 is 6.29 Å². The summed E-state index contributed by atoms with van der Waals surface area (Å²) in [5.41, 5.74) is 2.19. The van der Waals surface area contributed by atoms with Gasteiger partial charge in [-0.3, -0.25) is 9.32 Å². The number of benzene rings is 1. The van der Waals surface area contributed by atoms with Crippen molar-refractivity contribution in [3.8, 4) is 5.75 Å². The van der Waals surface area contributed by atoms with Crippen LogP contribution in [-0.4, -0.2) is 24.5 Å². The summed E-state index contributed by atoms with van der Waals surface area (Å²) in [6, 6.07) is 5.98. The predicted molar refractivity (Wildman–Crippen MR) is 106 cm³/mol. The van der Waals surface area contributed by atoms with E-state index in [0.29, 0.717) is 25.2 Å². The Kier molecular flexibility index (Phi) is 11.5. The van der Waals surface area contributed by atoms with Crippen LogP contribution in [0.1, 0.15) is 76.3 Å². The van der Waals surface area contributed by atoms with E-state index in [-0.39, 0.29) is 15.0 Å². The van der Waals surface area contributed by atoms with Gasteiger partial charge in [-0.15, -0.1) is 0 Å². The van der Waals surface area contributed by atoms with Gasteiger partial charge in [0.15, 0.2) is 6.29 Å². The Morgan fingerprint density at radius 2 is 2.04 bits per heavy atom. The summed E-state index contributed by atoms with van der Waals surface area (Å²) in [6.07, 6.45) is 5.02. The minimum Gasteiger partial charge on any atom is -0.469 e. The number of aliphatic hydroxyl groups is 1. The van der Waals surface area contributed by atoms with Crippen LogP contribution in [-0.2, 0) is 20.5 Å². The molecule has 26 heavy (non-hydrogen) atoms. The van der Waals surface area contributed by atoms with E-state index in [4.69, 9.17) is 13.8 Å². The molecule has 6 heteroatoms. The molecule has 0 spiro atoms. The van der Waals surface area contributed by atoms with E-state index in [0.717, 1.165) is 42.6 Å². The Morgan fingerprint density at radius 3 is 2.69 bits per heavy atom. The van der Waals surface area contributed by atoms with Gasteiger partial charge in [0.25, 0.3) is 0 Å². The number of methoxy groups -OCH3 is 1. The zero-order valence-corrected chi connectivity index (χ0v) is 17.4. The molecule has 0 saturated carbocycles. The first-order valence-electron chi connectivity index (χ1n) is 9.46. The molecule has 5 nitrogen and oxygen atoms in total. The number of aliphatic hydroxyl groups excluding tert-OH is 1. The normalized spacial score (nSPS) is 13.7. The fourth-order valence-corrected chi connectivity index (χ4v) is 3.10. The van der Waals surface area contributed by atoms with Crippen molar-refractivity contribution in [1.82, 2.24) is 0 Å². The van der Waals surface area contributed by atoms with Crippen molar-refractivity contribution in [1.29, 1.82) is 0 Å². The van der Waals surface area contributed by atoms with Crippen LogP contribution in [0, 0.1) is 0 Å². The number of carbonyl (C=O) groups is 1. The summed E-state index contributed by atoms with van der Waals surface area (Å²) in [5, 5.41) is 9.83. The molecule has 3 unspecified atom stereocenters. The molecule has 0 fully saturated rings. The minimum absolute atomic E-state index is 0.206. The average Bonchev–Trinajstić information content (AvgIpc) is 2.66. The highest BCUT2D eigenvalue weighted by Gasteiger charge is 2.13. The third-order valence-corrected chi connectivity index (χ3v) is 5.12. The summed E-state index contributed by atoms with van der Waals surface area (Å²) in [7, 11) is 1.17. The fourth-order valence-electron chi connectivity index (χ4n) is 2.55. The first-order valence-corrected chi connectivity index (χ1v) is 10.3. The predicted octanol–water partition coefficient (Wildman–Crippen LogP) is 5.11. The highest BCUT2D eigenvalue weighted by molar-refractivity contribution is 7.26. The number of unbranched alkanes of at least 4 members (excludes halogenated alkanes) is 2. The Morgan fingerprint density at radius 1 is 1.27 bits per heavy atom. The third-order valence-electron chi connectivity index (χ3n) is 4.45. The Hall–Kier alpha value is -1.16. The van der Waals surface area contributed by atoms with Crippen molar-refractivity contribution < 1.29 is 23.7 Å². The van der Waals surface area contributed by atoms with E-state index in [9.17, 15) is 9.90 Å². The lowest BCUT2D eigenvalue weighted by molar-refractivity contribution is -0.140. The third kappa shape index (κ3) is 8.48. The molecular weight excluding hydrogens is 351 g/mol. The van der Waals surface area contributed by atoms with Crippen molar-refractivity contribution in [2.45, 2.75) is 77.9 Å². The highest BCUT2D eigenvalue weighted by Crippen LogP contribution is 2.34. The summed E-state index contributed by atoms with van der Waals surface area (Å²) in [6.45, 7) is 6.41. The molecule has 1 rings (SSSR count). The van der Waals surface area contributed by atoms with E-state index in [1.165, 1.54) is 7.11 Å². The summed E-state index contributed by atoms with van der Waals surface area (Å²) >= 11 is 0. The topological polar surface area (TPSA) is 65.0 Å². The smallest absolute Gasteiger partial charge is 0.305 e. The number of rotatable bonds is 13. The van der Waals surface area contributed by atoms with Crippen LogP contribution in [0.5, 0.6) is 5.75 Å². The highest BCUT2D eigenvalue weighted by atomic mass is 31.1. The zero-order valence-electron chi connectivity index (χ0n) is 16.4. The Labute approximate surface area is 159 Å². The quantitative estimate of drug-likeness (QED) is 0.222. The molecule has 0 aliphatic heterocycles. The number of ether oxygens (including phenoxy) is 1. The van der Waals surface area contributed by atoms with E-state index in [1.54, 1.807) is 0 Å². The summed E-state index contributed by atoms with van der Waals surface area (Å²) < 4.78 is 15.9. The lowest BCUT2D eigenvalue weighted by Crippen LogP contribution is -2.07. The first-order chi connectivity index (χ1) is 12.5. The van der Waals surface area contributed by atoms with Crippen LogP contribution < -0.4 is 4.52 Å². The molecule has 148 valence electrons. The molecular formula is C20H33O5P. The van der Waals surface area contributed by atoms with Gasteiger partial charge in [0.05, 0.1) is 7.11 Å². The Bertz CT molecular complexity index is 535. The number of aryl methyl sites for hydroxylation is 1. The van der Waals surface area contributed by atoms with Crippen molar-refractivity contribution in [3.05, 3.63) is 29.3 Å². The molecule has 0 aliphatic rings.